The fourth-order valence-electron chi connectivity index (χ4n) is 1.71. The Balaban J connectivity index is 0. The maximum Gasteiger partial charge on any atom is 3.00 e. The third kappa shape index (κ3) is 5.23. The monoisotopic (exact) mass is 436 g/mol. The van der Waals surface area contributed by atoms with Crippen LogP contribution in [0.3, 0.4) is 0 Å². The fraction of sp³-hybridized carbons (Fsp3) is 0.133. The first-order chi connectivity index (χ1) is 7.79. The molecule has 19 heavy (non-hydrogen) atoms. The molecule has 0 heterocycles. The van der Waals surface area contributed by atoms with Crippen molar-refractivity contribution in [2.75, 3.05) is 0 Å². The van der Waals surface area contributed by atoms with Crippen molar-refractivity contribution in [3.63, 3.8) is 0 Å². The summed E-state index contributed by atoms with van der Waals surface area (Å²) in [7, 11) is 0. The number of nitrogens with one attached hydrogen (secondary N) is 2. The molecule has 1 unspecified atom stereocenters. The summed E-state index contributed by atoms with van der Waals surface area (Å²) in [5.74, 6) is 0. The predicted octanol–water partition coefficient (Wildman–Crippen LogP) is 4.20. The van der Waals surface area contributed by atoms with E-state index >= 15 is 0 Å². The van der Waals surface area contributed by atoms with Gasteiger partial charge in [0.1, 0.15) is 0 Å². The van der Waals surface area contributed by atoms with Crippen LogP contribution in [0.4, 0.5) is 0 Å². The van der Waals surface area contributed by atoms with Gasteiger partial charge in [0.25, 0.3) is 0 Å². The summed E-state index contributed by atoms with van der Waals surface area (Å²) in [4.78, 5) is 0. The molecule has 0 aliphatic heterocycles. The molecular weight excluding hydrogens is 416 g/mol. The van der Waals surface area contributed by atoms with Crippen LogP contribution in [0.5, 0.6) is 0 Å². The SMILES string of the molecule is O.[CH3-].[Ir+3].[NH-]C(c1ccccc1)[C@H]([NH-])c1ccccc1. The minimum atomic E-state index is -0.524. The first-order valence-corrected chi connectivity index (χ1v) is 5.31. The van der Waals surface area contributed by atoms with Crippen LogP contribution in [0.15, 0.2) is 60.7 Å². The molecule has 2 aromatic carbocycles. The Bertz CT molecular complexity index is 393. The molecule has 0 saturated heterocycles. The molecule has 2 atom stereocenters. The van der Waals surface area contributed by atoms with Crippen LogP contribution in [0.1, 0.15) is 23.2 Å². The van der Waals surface area contributed by atoms with Crippen LogP contribution in [-0.2, 0) is 20.1 Å². The molecule has 0 aromatic heterocycles. The molecule has 2 aromatic rings. The maximum atomic E-state index is 8.07. The number of benzene rings is 2. The summed E-state index contributed by atoms with van der Waals surface area (Å²) in [5.41, 5.74) is 17.9. The molecule has 4 N–H and O–H groups in total. The summed E-state index contributed by atoms with van der Waals surface area (Å²) in [5, 5.41) is 0. The average Bonchev–Trinajstić information content (AvgIpc) is 2.39. The zero-order chi connectivity index (χ0) is 11.4. The van der Waals surface area contributed by atoms with Gasteiger partial charge in [-0.05, 0) is 0 Å². The zero-order valence-corrected chi connectivity index (χ0v) is 13.2. The normalized spacial score (nSPS) is 12.1. The van der Waals surface area contributed by atoms with E-state index in [0.717, 1.165) is 11.1 Å². The number of hydrogen-bond donors (Lipinski definition) is 0. The van der Waals surface area contributed by atoms with E-state index in [1.807, 2.05) is 60.7 Å². The number of hydrogen-bond acceptors (Lipinski definition) is 0. The minimum absolute atomic E-state index is 0. The molecule has 4 heteroatoms. The fourth-order valence-corrected chi connectivity index (χ4v) is 1.71. The van der Waals surface area contributed by atoms with Crippen molar-refractivity contribution in [1.82, 2.24) is 0 Å². The molecule has 0 saturated carbocycles. The smallest absolute Gasteiger partial charge is 0.672 e. The van der Waals surface area contributed by atoms with E-state index < -0.39 is 12.1 Å². The molecule has 0 radical (unpaired) electrons. The summed E-state index contributed by atoms with van der Waals surface area (Å²) in [6.45, 7) is 0. The van der Waals surface area contributed by atoms with Crippen molar-refractivity contribution >= 4 is 0 Å². The van der Waals surface area contributed by atoms with Gasteiger partial charge in [0.2, 0.25) is 0 Å². The Morgan fingerprint density at radius 1 is 0.632 bits per heavy atom. The van der Waals surface area contributed by atoms with Gasteiger partial charge in [-0.1, -0.05) is 71.8 Å². The van der Waals surface area contributed by atoms with Crippen molar-refractivity contribution in [3.8, 4) is 0 Å². The van der Waals surface area contributed by atoms with E-state index in [2.05, 4.69) is 0 Å². The van der Waals surface area contributed by atoms with Crippen molar-refractivity contribution in [3.05, 3.63) is 90.7 Å². The maximum absolute atomic E-state index is 8.07. The van der Waals surface area contributed by atoms with Crippen molar-refractivity contribution in [1.29, 1.82) is 0 Å². The van der Waals surface area contributed by atoms with Crippen molar-refractivity contribution in [2.45, 2.75) is 12.1 Å². The Kier molecular flexibility index (Phi) is 10.5. The Hall–Kier alpha value is -1.03. The minimum Gasteiger partial charge on any atom is -0.672 e. The van der Waals surface area contributed by atoms with Gasteiger partial charge in [-0.2, -0.15) is 0 Å². The third-order valence-corrected chi connectivity index (χ3v) is 2.65. The third-order valence-electron chi connectivity index (χ3n) is 2.65. The van der Waals surface area contributed by atoms with Crippen LogP contribution >= 0.6 is 0 Å². The van der Waals surface area contributed by atoms with Gasteiger partial charge in [0.05, 0.1) is 0 Å². The van der Waals surface area contributed by atoms with E-state index in [1.54, 1.807) is 0 Å². The second-order valence-electron chi connectivity index (χ2n) is 3.78. The molecule has 0 spiro atoms. The van der Waals surface area contributed by atoms with Gasteiger partial charge < -0.3 is 24.4 Å². The Labute approximate surface area is 128 Å². The van der Waals surface area contributed by atoms with E-state index in [1.165, 1.54) is 0 Å². The molecule has 0 fully saturated rings. The van der Waals surface area contributed by atoms with Gasteiger partial charge in [-0.25, -0.2) is 0 Å². The van der Waals surface area contributed by atoms with Gasteiger partial charge in [0.15, 0.2) is 0 Å². The number of rotatable bonds is 3. The van der Waals surface area contributed by atoms with Gasteiger partial charge in [-0.15, -0.1) is 12.1 Å². The summed E-state index contributed by atoms with van der Waals surface area (Å²) >= 11 is 0. The van der Waals surface area contributed by atoms with E-state index in [9.17, 15) is 0 Å². The largest absolute Gasteiger partial charge is 3.00 e. The second-order valence-corrected chi connectivity index (χ2v) is 3.78. The molecule has 0 amide bonds. The van der Waals surface area contributed by atoms with Crippen LogP contribution in [0.25, 0.3) is 11.5 Å². The predicted molar refractivity (Wildman–Crippen MR) is 77.0 cm³/mol. The molecule has 2 rings (SSSR count). The van der Waals surface area contributed by atoms with Crippen LogP contribution in [-0.4, -0.2) is 5.48 Å². The average molecular weight is 436 g/mol. The Morgan fingerprint density at radius 3 is 1.16 bits per heavy atom. The molecule has 0 aliphatic rings. The molecule has 0 bridgehead atoms. The quantitative estimate of drug-likeness (QED) is 0.648. The van der Waals surface area contributed by atoms with Gasteiger partial charge in [-0.3, -0.25) is 0 Å². The van der Waals surface area contributed by atoms with Crippen LogP contribution < -0.4 is 0 Å². The van der Waals surface area contributed by atoms with Crippen molar-refractivity contribution in [2.24, 2.45) is 0 Å². The standard InChI is InChI=1S/C14H14N2.CH3.Ir.H2O/c15-13(11-7-3-1-4-8-11)14(16)12-9-5-2-6-10-12;;;/h1-10,13-16H;1H3;;1H2/q-2;-1;+3;/t13-,14?;;;/m1.../s1. The molecule has 104 valence electrons. The summed E-state index contributed by atoms with van der Waals surface area (Å²) in [6, 6.07) is 18.1. The molecular formula is C15H19IrN2O. The van der Waals surface area contributed by atoms with Gasteiger partial charge >= 0.3 is 20.1 Å². The first-order valence-electron chi connectivity index (χ1n) is 5.31. The van der Waals surface area contributed by atoms with E-state index in [4.69, 9.17) is 11.5 Å². The first kappa shape index (κ1) is 20.3. The van der Waals surface area contributed by atoms with E-state index in [-0.39, 0.29) is 33.0 Å². The van der Waals surface area contributed by atoms with Crippen LogP contribution in [0, 0.1) is 7.43 Å². The van der Waals surface area contributed by atoms with E-state index in [0.29, 0.717) is 0 Å². The van der Waals surface area contributed by atoms with Crippen molar-refractivity contribution < 1.29 is 25.6 Å². The van der Waals surface area contributed by atoms with Gasteiger partial charge in [0, 0.05) is 0 Å². The topological polar surface area (TPSA) is 79.1 Å². The molecule has 3 nitrogen and oxygen atoms in total. The van der Waals surface area contributed by atoms with Crippen LogP contribution in [0.2, 0.25) is 0 Å². The second kappa shape index (κ2) is 9.84. The zero-order valence-electron chi connectivity index (χ0n) is 10.8. The Morgan fingerprint density at radius 2 is 0.895 bits per heavy atom. The molecule has 0 aliphatic carbocycles. The summed E-state index contributed by atoms with van der Waals surface area (Å²) < 4.78 is 0. The summed E-state index contributed by atoms with van der Waals surface area (Å²) in [6.07, 6.45) is 0.